The third-order valence-electron chi connectivity index (χ3n) is 7.21. The molecule has 0 atom stereocenters. The Kier molecular flexibility index (Phi) is 7.59. The summed E-state index contributed by atoms with van der Waals surface area (Å²) in [6.45, 7) is 1.72. The Labute approximate surface area is 225 Å². The fraction of sp³-hybridized carbons (Fsp3) is 0.250. The van der Waals surface area contributed by atoms with Crippen molar-refractivity contribution in [3.63, 3.8) is 0 Å². The van der Waals surface area contributed by atoms with Crippen LogP contribution >= 0.6 is 0 Å². The van der Waals surface area contributed by atoms with Gasteiger partial charge < -0.3 is 11.5 Å². The molecule has 2 heterocycles. The summed E-state index contributed by atoms with van der Waals surface area (Å²) in [4.78, 5) is 0. The van der Waals surface area contributed by atoms with Gasteiger partial charge in [0.05, 0.1) is 38.3 Å². The standard InChI is InChI=1S/C32H38N6/c1-35-23-29(33)37(20-10-16-25-12-5-3-6-13-25)31(35)27-18-9-19-28(22-27)32-36(2)24-30(34)38(32)21-11-17-26-14-7-4-8-15-26/h3-9,12-15,18-19,22-24H,10-11,16-17,20-21,33-34H2,1-2H3/q+2. The monoisotopic (exact) mass is 506 g/mol. The maximum Gasteiger partial charge on any atom is 0.290 e. The molecule has 2 aromatic heterocycles. The summed E-state index contributed by atoms with van der Waals surface area (Å²) < 4.78 is 8.72. The largest absolute Gasteiger partial charge is 0.363 e. The molecule has 5 aromatic rings. The lowest BCUT2D eigenvalue weighted by Crippen LogP contribution is -2.30. The predicted octanol–water partition coefficient (Wildman–Crippen LogP) is 4.70. The third kappa shape index (κ3) is 5.49. The molecule has 0 radical (unpaired) electrons. The number of hydrogen-bond donors (Lipinski definition) is 2. The number of hydrogen-bond acceptors (Lipinski definition) is 2. The van der Waals surface area contributed by atoms with Crippen LogP contribution in [0.3, 0.4) is 0 Å². The van der Waals surface area contributed by atoms with Gasteiger partial charge in [0, 0.05) is 0 Å². The van der Waals surface area contributed by atoms with Gasteiger partial charge >= 0.3 is 0 Å². The van der Waals surface area contributed by atoms with E-state index in [-0.39, 0.29) is 0 Å². The van der Waals surface area contributed by atoms with E-state index >= 15 is 0 Å². The minimum atomic E-state index is 0.778. The van der Waals surface area contributed by atoms with Crippen molar-refractivity contribution in [2.24, 2.45) is 14.1 Å². The SMILES string of the molecule is C[n+]1cc(N)n(CCCc2ccccc2)c1-c1cccc(-c2n(CCCc3ccccc3)c(N)c[n+]2C)c1. The number of nitrogen functional groups attached to an aromatic ring is 2. The first-order chi connectivity index (χ1) is 18.5. The lowest BCUT2D eigenvalue weighted by molar-refractivity contribution is -0.659. The van der Waals surface area contributed by atoms with Crippen LogP contribution in [-0.4, -0.2) is 9.13 Å². The number of anilines is 2. The fourth-order valence-electron chi connectivity index (χ4n) is 5.44. The van der Waals surface area contributed by atoms with Gasteiger partial charge in [-0.3, -0.25) is 0 Å². The van der Waals surface area contributed by atoms with Crippen LogP contribution in [0.15, 0.2) is 97.3 Å². The first-order valence-corrected chi connectivity index (χ1v) is 13.4. The molecule has 0 saturated carbocycles. The van der Waals surface area contributed by atoms with Crippen LogP contribution in [-0.2, 0) is 40.0 Å². The van der Waals surface area contributed by atoms with E-state index in [1.54, 1.807) is 0 Å². The molecule has 3 aromatic carbocycles. The van der Waals surface area contributed by atoms with Crippen molar-refractivity contribution < 1.29 is 9.13 Å². The van der Waals surface area contributed by atoms with Gasteiger partial charge in [0.25, 0.3) is 11.6 Å². The summed E-state index contributed by atoms with van der Waals surface area (Å²) in [5.41, 5.74) is 17.9. The second-order valence-corrected chi connectivity index (χ2v) is 10.0. The zero-order valence-corrected chi connectivity index (χ0v) is 22.4. The summed E-state index contributed by atoms with van der Waals surface area (Å²) >= 11 is 0. The molecule has 0 aliphatic rings. The molecule has 4 N–H and O–H groups in total. The Morgan fingerprint density at radius 2 is 1.00 bits per heavy atom. The van der Waals surface area contributed by atoms with Crippen LogP contribution in [0, 0.1) is 0 Å². The average molecular weight is 507 g/mol. The number of rotatable bonds is 10. The van der Waals surface area contributed by atoms with Gasteiger partial charge in [0.15, 0.2) is 12.4 Å². The van der Waals surface area contributed by atoms with E-state index < -0.39 is 0 Å². The number of nitrogens with two attached hydrogens (primary N) is 2. The molecule has 5 rings (SSSR count). The number of nitrogens with zero attached hydrogens (tertiary/aromatic N) is 4. The van der Waals surface area contributed by atoms with Gasteiger partial charge in [0.2, 0.25) is 11.6 Å². The molecule has 0 bridgehead atoms. The van der Waals surface area contributed by atoms with E-state index in [0.717, 1.165) is 73.2 Å². The van der Waals surface area contributed by atoms with Crippen LogP contribution < -0.4 is 20.6 Å². The van der Waals surface area contributed by atoms with Crippen molar-refractivity contribution in [3.8, 4) is 22.8 Å². The number of benzene rings is 3. The van der Waals surface area contributed by atoms with Crippen LogP contribution in [0.25, 0.3) is 22.8 Å². The maximum atomic E-state index is 6.48. The molecule has 0 aliphatic heterocycles. The number of aromatic nitrogens is 4. The van der Waals surface area contributed by atoms with Gasteiger partial charge in [-0.15, -0.1) is 0 Å². The minimum absolute atomic E-state index is 0.778. The van der Waals surface area contributed by atoms with Gasteiger partial charge in [-0.25, -0.2) is 18.3 Å². The molecule has 38 heavy (non-hydrogen) atoms. The van der Waals surface area contributed by atoms with E-state index in [1.165, 1.54) is 11.1 Å². The molecule has 6 nitrogen and oxygen atoms in total. The average Bonchev–Trinajstić information content (AvgIpc) is 3.37. The van der Waals surface area contributed by atoms with Crippen molar-refractivity contribution in [3.05, 3.63) is 108 Å². The maximum absolute atomic E-state index is 6.48. The molecule has 0 saturated heterocycles. The van der Waals surface area contributed by atoms with Crippen molar-refractivity contribution in [2.45, 2.75) is 38.8 Å². The highest BCUT2D eigenvalue weighted by atomic mass is 15.2. The van der Waals surface area contributed by atoms with E-state index in [2.05, 4.69) is 117 Å². The summed E-state index contributed by atoms with van der Waals surface area (Å²) in [5, 5.41) is 0. The lowest BCUT2D eigenvalue weighted by atomic mass is 10.1. The molecule has 0 unspecified atom stereocenters. The number of aryl methyl sites for hydroxylation is 4. The zero-order chi connectivity index (χ0) is 26.5. The predicted molar refractivity (Wildman–Crippen MR) is 154 cm³/mol. The normalized spacial score (nSPS) is 11.2. The second-order valence-electron chi connectivity index (χ2n) is 10.0. The zero-order valence-electron chi connectivity index (χ0n) is 22.4. The van der Waals surface area contributed by atoms with E-state index in [1.807, 2.05) is 12.4 Å². The van der Waals surface area contributed by atoms with Gasteiger partial charge in [-0.05, 0) is 55.0 Å². The second kappa shape index (κ2) is 11.4. The van der Waals surface area contributed by atoms with Crippen LogP contribution in [0.4, 0.5) is 11.6 Å². The highest BCUT2D eigenvalue weighted by Gasteiger charge is 2.25. The van der Waals surface area contributed by atoms with Crippen LogP contribution in [0.5, 0.6) is 0 Å². The van der Waals surface area contributed by atoms with Crippen molar-refractivity contribution in [2.75, 3.05) is 11.5 Å². The van der Waals surface area contributed by atoms with Crippen molar-refractivity contribution in [1.82, 2.24) is 9.13 Å². The molecular formula is C32H38N6+2. The van der Waals surface area contributed by atoms with Crippen LogP contribution in [0.1, 0.15) is 24.0 Å². The first kappa shape index (κ1) is 25.3. The Bertz CT molecular complexity index is 1390. The fourth-order valence-corrected chi connectivity index (χ4v) is 5.44. The smallest absolute Gasteiger partial charge is 0.290 e. The summed E-state index contributed by atoms with van der Waals surface area (Å²) in [7, 11) is 4.13. The molecule has 0 aliphatic carbocycles. The van der Waals surface area contributed by atoms with E-state index in [9.17, 15) is 0 Å². The quantitative estimate of drug-likeness (QED) is 0.270. The van der Waals surface area contributed by atoms with Crippen LogP contribution in [0.2, 0.25) is 0 Å². The van der Waals surface area contributed by atoms with Crippen molar-refractivity contribution in [1.29, 1.82) is 0 Å². The Morgan fingerprint density at radius 1 is 0.579 bits per heavy atom. The van der Waals surface area contributed by atoms with E-state index in [0.29, 0.717) is 0 Å². The molecule has 0 spiro atoms. The Balaban J connectivity index is 1.40. The summed E-state index contributed by atoms with van der Waals surface area (Å²) in [6, 6.07) is 30.0. The van der Waals surface area contributed by atoms with Crippen molar-refractivity contribution >= 4 is 11.6 Å². The summed E-state index contributed by atoms with van der Waals surface area (Å²) in [5.74, 6) is 3.77. The van der Waals surface area contributed by atoms with Gasteiger partial charge in [0.1, 0.15) is 0 Å². The number of imidazole rings is 2. The molecule has 194 valence electrons. The minimum Gasteiger partial charge on any atom is -0.363 e. The Hall–Kier alpha value is -4.32. The highest BCUT2D eigenvalue weighted by molar-refractivity contribution is 5.66. The van der Waals surface area contributed by atoms with E-state index in [4.69, 9.17) is 11.5 Å². The third-order valence-corrected chi connectivity index (χ3v) is 7.21. The molecule has 0 amide bonds. The molecule has 6 heteroatoms. The van der Waals surface area contributed by atoms with Gasteiger partial charge in [-0.2, -0.15) is 0 Å². The summed E-state index contributed by atoms with van der Waals surface area (Å²) in [6.07, 6.45) is 8.10. The first-order valence-electron chi connectivity index (χ1n) is 13.4. The molecular weight excluding hydrogens is 468 g/mol. The lowest BCUT2D eigenvalue weighted by Gasteiger charge is -2.08. The Morgan fingerprint density at radius 3 is 1.42 bits per heavy atom. The molecule has 0 fully saturated rings. The topological polar surface area (TPSA) is 69.7 Å². The highest BCUT2D eigenvalue weighted by Crippen LogP contribution is 2.27. The van der Waals surface area contributed by atoms with Gasteiger partial charge in [-0.1, -0.05) is 66.7 Å².